The number of nitrogens with one attached hydrogen (secondary N) is 1. The lowest BCUT2D eigenvalue weighted by atomic mass is 9.80. The predicted octanol–water partition coefficient (Wildman–Crippen LogP) is 11.4. The van der Waals surface area contributed by atoms with Crippen LogP contribution < -0.4 is 18.9 Å². The van der Waals surface area contributed by atoms with Crippen molar-refractivity contribution < 1.29 is 71.9 Å². The van der Waals surface area contributed by atoms with Gasteiger partial charge >= 0.3 is 8.25 Å². The number of hydrogen-bond donors (Lipinski definition) is 5. The van der Waals surface area contributed by atoms with Gasteiger partial charge in [0.15, 0.2) is 5.98 Å². The molecule has 1 unspecified atom stereocenters. The molecule has 6 radical (unpaired) electrons. The standard InChI is InChI=1S/C26H26BO7P.C26H27BO5.C9H9N6P.C5H9BO3.C3H4N2.Cl3P/c1-30-21-12-8-19(9-13-21)26(18-6-4-3-5-7-18,20-10-14-22(31-2)15-11-20)32-17-24-23(34-35(28)29)16-25(27)33-24;1-29-21-12-8-19(9-13-21)26(18-6-4-3-5-7-18,20-10-14-22(30-2)15-11-20)31-17-24-23(28)16-25(27)32-24;1-4-13(7-10-1)16(14-5-2-11-8-14)15-6-3-12-9-15;6-5-1-3(8)4(2-7)9-5;1-2-5-3-4-1;1-4(2)3/h3-15,23-25H,16-17H2,1-2H3;3-15,23-25,28H,16-17H2,1-2H3;1-9H;3-5,7-8H,1-2H2;1-3H,(H,4,5);/p+1/t2*23-,24-,25-;;3-,4-,5-;;/m11.1../s1. The Labute approximate surface area is 608 Å². The first-order chi connectivity index (χ1) is 48.9. The summed E-state index contributed by atoms with van der Waals surface area (Å²) in [4.78, 5) is 27.9. The fraction of sp³-hybridized carbons (Fsp3) is 0.304. The zero-order chi connectivity index (χ0) is 72.2. The number of methoxy groups -OCH3 is 4. The van der Waals surface area contributed by atoms with E-state index < -0.39 is 88.4 Å². The molecule has 3 fully saturated rings. The third-order valence-electron chi connectivity index (χ3n) is 15.9. The molecule has 0 bridgehead atoms. The molecule has 3 saturated heterocycles. The Morgan fingerprint density at radius 3 is 1.12 bits per heavy atom. The second kappa shape index (κ2) is 40.7. The van der Waals surface area contributed by atoms with Crippen LogP contribution in [0.1, 0.15) is 52.6 Å². The monoisotopic (exact) mass is 1490 g/mol. The normalized spacial score (nSPS) is 20.0. The molecule has 526 valence electrons. The minimum Gasteiger partial charge on any atom is -0.497 e. The Morgan fingerprint density at radius 1 is 0.515 bits per heavy atom. The van der Waals surface area contributed by atoms with Crippen molar-refractivity contribution in [3.63, 3.8) is 0 Å². The highest BCUT2D eigenvalue weighted by molar-refractivity contribution is 8.20. The number of aromatic nitrogens is 8. The van der Waals surface area contributed by atoms with Crippen molar-refractivity contribution in [3.8, 4) is 23.0 Å². The summed E-state index contributed by atoms with van der Waals surface area (Å²) in [6.45, 7) is 0.0746. The summed E-state index contributed by atoms with van der Waals surface area (Å²) in [6, 6.07) is 49.3. The average molecular weight is 1490 g/mol. The lowest BCUT2D eigenvalue weighted by Gasteiger charge is -2.37. The molecule has 4 aromatic heterocycles. The van der Waals surface area contributed by atoms with E-state index in [0.717, 1.165) is 56.4 Å². The van der Waals surface area contributed by atoms with E-state index in [2.05, 4.69) is 24.9 Å². The summed E-state index contributed by atoms with van der Waals surface area (Å²) >= 11 is 14.6. The number of aliphatic hydroxyl groups excluding tert-OH is 3. The van der Waals surface area contributed by atoms with E-state index >= 15 is 0 Å². The molecule has 13 rings (SSSR count). The lowest BCUT2D eigenvalue weighted by Crippen LogP contribution is -2.38. The van der Waals surface area contributed by atoms with E-state index in [4.69, 9.17) is 115 Å². The fourth-order valence-electron chi connectivity index (χ4n) is 11.2. The quantitative estimate of drug-likeness (QED) is 0.0240. The van der Waals surface area contributed by atoms with Gasteiger partial charge in [-0.3, -0.25) is 13.0 Å². The number of imidazole rings is 4. The first kappa shape index (κ1) is 79.7. The zero-order valence-corrected chi connectivity index (χ0v) is 60.4. The van der Waals surface area contributed by atoms with Gasteiger partial charge in [-0.1, -0.05) is 143 Å². The third-order valence-corrected chi connectivity index (χ3v) is 18.3. The first-order valence-corrected chi connectivity index (χ1v) is 37.8. The van der Waals surface area contributed by atoms with Gasteiger partial charge < -0.3 is 62.9 Å². The van der Waals surface area contributed by atoms with Gasteiger partial charge in [0.2, 0.25) is 8.37 Å². The zero-order valence-electron chi connectivity index (χ0n) is 55.5. The number of H-pyrrole nitrogens is 1. The van der Waals surface area contributed by atoms with Gasteiger partial charge in [0, 0.05) is 72.1 Å². The number of ether oxygens (including phenoxy) is 9. The van der Waals surface area contributed by atoms with Crippen molar-refractivity contribution in [1.29, 1.82) is 0 Å². The van der Waals surface area contributed by atoms with Crippen LogP contribution in [0.5, 0.6) is 23.0 Å². The Bertz CT molecular complexity index is 3700. The molecular weight excluding hydrogens is 1410 g/mol. The highest BCUT2D eigenvalue weighted by Crippen LogP contribution is 2.51. The van der Waals surface area contributed by atoms with Crippen LogP contribution in [0.25, 0.3) is 0 Å². The predicted molar refractivity (Wildman–Crippen MR) is 390 cm³/mol. The molecule has 10 aromatic rings. The van der Waals surface area contributed by atoms with E-state index in [1.54, 1.807) is 84.7 Å². The summed E-state index contributed by atoms with van der Waals surface area (Å²) in [5.41, 5.74) is 3.43. The van der Waals surface area contributed by atoms with E-state index in [-0.39, 0.29) is 19.8 Å². The third kappa shape index (κ3) is 22.5. The van der Waals surface area contributed by atoms with Crippen LogP contribution in [0.2, 0.25) is 0 Å². The largest absolute Gasteiger partial charge is 0.695 e. The van der Waals surface area contributed by atoms with Gasteiger partial charge in [0.05, 0.1) is 66.8 Å². The number of hydrogen-bond acceptors (Lipinski definition) is 18. The van der Waals surface area contributed by atoms with Crippen molar-refractivity contribution in [2.24, 2.45) is 0 Å². The van der Waals surface area contributed by atoms with Crippen molar-refractivity contribution in [2.75, 3.05) is 48.3 Å². The van der Waals surface area contributed by atoms with Crippen molar-refractivity contribution >= 4 is 79.9 Å². The van der Waals surface area contributed by atoms with Gasteiger partial charge in [-0.05, 0) is 101 Å². The highest BCUT2D eigenvalue weighted by atomic mass is 36.0. The maximum Gasteiger partial charge on any atom is 0.695 e. The molecule has 32 heteroatoms. The maximum atomic E-state index is 11.4. The molecule has 10 atom stereocenters. The topological polar surface area (TPSA) is 272 Å². The molecule has 0 amide bonds. The molecule has 7 heterocycles. The number of halogens is 3. The fourth-order valence-corrected chi connectivity index (χ4v) is 13.3. The van der Waals surface area contributed by atoms with Crippen LogP contribution in [0.15, 0.2) is 233 Å². The summed E-state index contributed by atoms with van der Waals surface area (Å²) in [6.07, 6.45) is 19.1. The number of rotatable bonds is 22. The van der Waals surface area contributed by atoms with E-state index in [1.807, 2.05) is 189 Å². The molecule has 0 aliphatic carbocycles. The van der Waals surface area contributed by atoms with Crippen molar-refractivity contribution in [2.45, 2.75) is 85.1 Å². The second-order valence-electron chi connectivity index (χ2n) is 22.2. The summed E-state index contributed by atoms with van der Waals surface area (Å²) < 4.78 is 74.0. The first-order valence-electron chi connectivity index (χ1n) is 31.4. The SMILES string of the molecule is ClP(Cl)Cl.[B][C@H]1C[C@@H](O)[C@@H](CO)O1.[B][C@H]1C[C@@H](O)[C@@H](COC(c2ccccc2)(c2ccc(OC)cc2)c2ccc(OC)cc2)O1.[B][C@H]1C[C@@H](O[P+](=O)O)[C@@H](COC(c2ccccc2)(c2ccc(OC)cc2)c2ccc(OC)cc2)O1.c1c[nH]cn1.c1cn(P(n2ccnc2)n2ccnc2)cn1. The van der Waals surface area contributed by atoms with E-state index in [0.29, 0.717) is 19.3 Å². The lowest BCUT2D eigenvalue weighted by molar-refractivity contribution is -0.0737. The van der Waals surface area contributed by atoms with Gasteiger partial charge in [-0.2, -0.15) is 0 Å². The molecule has 0 spiro atoms. The smallest absolute Gasteiger partial charge is 0.497 e. The minimum atomic E-state index is -2.81. The van der Waals surface area contributed by atoms with Crippen LogP contribution in [-0.2, 0) is 44.0 Å². The van der Waals surface area contributed by atoms with Gasteiger partial charge in [-0.15, -0.1) is 9.42 Å². The number of aliphatic hydroxyl groups is 3. The van der Waals surface area contributed by atoms with E-state index in [1.165, 1.54) is 0 Å². The molecule has 23 nitrogen and oxygen atoms in total. The Morgan fingerprint density at radius 2 is 0.851 bits per heavy atom. The van der Waals surface area contributed by atoms with Crippen molar-refractivity contribution in [1.82, 2.24) is 37.9 Å². The summed E-state index contributed by atoms with van der Waals surface area (Å²) in [5, 5.41) is 27.9. The van der Waals surface area contributed by atoms with Crippen molar-refractivity contribution in [3.05, 3.63) is 266 Å². The molecule has 101 heavy (non-hydrogen) atoms. The number of benzene rings is 6. The Balaban J connectivity index is 0.000000177. The number of aromatic amines is 1. The Hall–Kier alpha value is -7.02. The minimum absolute atomic E-state index is 0.0640. The second-order valence-corrected chi connectivity index (χ2v) is 29.8. The van der Waals surface area contributed by atoms with E-state index in [9.17, 15) is 14.6 Å². The van der Waals surface area contributed by atoms with Crippen LogP contribution in [0.4, 0.5) is 0 Å². The van der Waals surface area contributed by atoms with Crippen LogP contribution >= 0.6 is 56.3 Å². The molecule has 3 aliphatic rings. The highest BCUT2D eigenvalue weighted by Gasteiger charge is 2.45. The molecule has 0 saturated carbocycles. The summed E-state index contributed by atoms with van der Waals surface area (Å²) in [5.74, 6) is 1.74. The molecule has 6 aromatic carbocycles. The molecule has 5 N–H and O–H groups in total. The van der Waals surface area contributed by atoms with Gasteiger partial charge in [-0.25, -0.2) is 19.9 Å². The van der Waals surface area contributed by atoms with Crippen LogP contribution in [0.3, 0.4) is 0 Å². The maximum absolute atomic E-state index is 11.4. The van der Waals surface area contributed by atoms with Gasteiger partial charge in [0.1, 0.15) is 101 Å². The molecular formula is C69H76B3Cl3N8O15P3+. The van der Waals surface area contributed by atoms with Crippen LogP contribution in [0, 0.1) is 0 Å². The Kier molecular flexibility index (Phi) is 32.1. The van der Waals surface area contributed by atoms with Gasteiger partial charge in [0.25, 0.3) is 0 Å². The number of nitrogens with zero attached hydrogens (tertiary/aromatic N) is 7. The summed E-state index contributed by atoms with van der Waals surface area (Å²) in [7, 11) is 20.1. The average Bonchev–Trinajstić information content (AvgIpc) is 1.46. The molecule has 3 aliphatic heterocycles. The van der Waals surface area contributed by atoms with Crippen LogP contribution in [-0.4, -0.2) is 185 Å².